The first-order chi connectivity index (χ1) is 32.6. The molecule has 1 heterocycles. The summed E-state index contributed by atoms with van der Waals surface area (Å²) in [5.74, 6) is 0.0932. The van der Waals surface area contributed by atoms with Crippen molar-refractivity contribution in [3.8, 4) is 0 Å². The molecule has 0 aromatic heterocycles. The lowest BCUT2D eigenvalue weighted by Gasteiger charge is -2.22. The molecule has 1 saturated heterocycles. The maximum Gasteiger partial charge on any atom is 0.323 e. The van der Waals surface area contributed by atoms with Gasteiger partial charge in [-0.05, 0) is 90.8 Å². The van der Waals surface area contributed by atoms with Gasteiger partial charge in [-0.2, -0.15) is 0 Å². The number of unbranched alkanes of at least 4 members (excludes halogenated alkanes) is 22. The van der Waals surface area contributed by atoms with Crippen LogP contribution in [0.3, 0.4) is 0 Å². The molecule has 67 heavy (non-hydrogen) atoms. The van der Waals surface area contributed by atoms with Crippen LogP contribution < -0.4 is 0 Å². The van der Waals surface area contributed by atoms with Gasteiger partial charge in [-0.1, -0.05) is 182 Å². The van der Waals surface area contributed by atoms with Crippen LogP contribution >= 0.6 is 0 Å². The van der Waals surface area contributed by atoms with Crippen LogP contribution in [0.25, 0.3) is 0 Å². The second kappa shape index (κ2) is 45.0. The van der Waals surface area contributed by atoms with Crippen LogP contribution in [0.2, 0.25) is 0 Å². The summed E-state index contributed by atoms with van der Waals surface area (Å²) in [4.78, 5) is 55.5. The van der Waals surface area contributed by atoms with E-state index in [-0.39, 0.29) is 36.1 Å². The Balaban J connectivity index is 2.45. The van der Waals surface area contributed by atoms with Crippen LogP contribution in [-0.4, -0.2) is 98.9 Å². The van der Waals surface area contributed by atoms with Crippen molar-refractivity contribution in [2.24, 2.45) is 5.92 Å². The monoisotopic (exact) mass is 949 g/mol. The average molecular weight is 949 g/mol. The number of hydrogen-bond acceptors (Lipinski definition) is 10. The Kier molecular flexibility index (Phi) is 42.2. The molecule has 0 aliphatic carbocycles. The van der Waals surface area contributed by atoms with Crippen LogP contribution in [0.5, 0.6) is 0 Å². The van der Waals surface area contributed by atoms with Crippen LogP contribution in [0.15, 0.2) is 0 Å². The van der Waals surface area contributed by atoms with Gasteiger partial charge in [0.15, 0.2) is 0 Å². The largest absolute Gasteiger partial charge is 0.466 e. The van der Waals surface area contributed by atoms with E-state index in [1.54, 1.807) is 0 Å². The third-order valence-electron chi connectivity index (χ3n) is 13.8. The van der Waals surface area contributed by atoms with Crippen molar-refractivity contribution < 1.29 is 38.1 Å². The van der Waals surface area contributed by atoms with E-state index in [1.165, 1.54) is 128 Å². The second-order valence-corrected chi connectivity index (χ2v) is 20.6. The summed E-state index contributed by atoms with van der Waals surface area (Å²) in [6.45, 7) is 11.7. The lowest BCUT2D eigenvalue weighted by molar-refractivity contribution is -0.151. The zero-order chi connectivity index (χ0) is 49.0. The fourth-order valence-corrected chi connectivity index (χ4v) is 9.53. The maximum absolute atomic E-state index is 13.4. The number of carbonyl (C=O) groups excluding carboxylic acids is 4. The van der Waals surface area contributed by atoms with E-state index in [0.29, 0.717) is 58.5 Å². The van der Waals surface area contributed by atoms with Gasteiger partial charge in [-0.15, -0.1) is 0 Å². The van der Waals surface area contributed by atoms with Gasteiger partial charge in [0.05, 0.1) is 19.6 Å². The Bertz CT molecular complexity index is 1170. The molecule has 10 heteroatoms. The van der Waals surface area contributed by atoms with Crippen LogP contribution in [0.4, 0.5) is 0 Å². The van der Waals surface area contributed by atoms with Crippen molar-refractivity contribution in [3.63, 3.8) is 0 Å². The minimum Gasteiger partial charge on any atom is -0.466 e. The molecule has 10 nitrogen and oxygen atoms in total. The normalized spacial score (nSPS) is 15.6. The predicted octanol–water partition coefficient (Wildman–Crippen LogP) is 14.7. The lowest BCUT2D eigenvalue weighted by atomic mass is 9.91. The van der Waals surface area contributed by atoms with E-state index in [2.05, 4.69) is 32.6 Å². The molecule has 1 fully saturated rings. The Labute approximate surface area is 413 Å². The highest BCUT2D eigenvalue weighted by atomic mass is 16.6. The first-order valence-corrected chi connectivity index (χ1v) is 28.7. The van der Waals surface area contributed by atoms with Gasteiger partial charge in [0.25, 0.3) is 0 Å². The Morgan fingerprint density at radius 3 is 1.55 bits per heavy atom. The fourth-order valence-electron chi connectivity index (χ4n) is 9.53. The third-order valence-corrected chi connectivity index (χ3v) is 13.8. The van der Waals surface area contributed by atoms with Gasteiger partial charge in [0.1, 0.15) is 18.2 Å². The highest BCUT2D eigenvalue weighted by molar-refractivity contribution is 5.76. The Hall–Kier alpha value is -2.20. The van der Waals surface area contributed by atoms with E-state index < -0.39 is 6.04 Å². The standard InChI is InChI=1S/C57H108N2O8/c1-7-11-15-18-22-29-39-51(40-30-23-19-16-12-8-2)66-55(61)42-31-24-20-25-34-46-65-57(63)53-48-52(67-56(62)43-45-58(5)6)49-59(53)44-33-26-32-41-54(60)64-47-35-38-50(36-27-14-10-4)37-28-21-17-13-9-3/h50-53H,7-49H2,1-6H3/t50?,52?,53-/m0/s1. The molecule has 0 spiro atoms. The Morgan fingerprint density at radius 2 is 0.955 bits per heavy atom. The molecule has 0 bridgehead atoms. The molecule has 0 aromatic carbocycles. The minimum absolute atomic E-state index is 0.0493. The smallest absolute Gasteiger partial charge is 0.323 e. The Morgan fingerprint density at radius 1 is 0.493 bits per heavy atom. The highest BCUT2D eigenvalue weighted by Crippen LogP contribution is 2.25. The number of ether oxygens (including phenoxy) is 4. The van der Waals surface area contributed by atoms with Gasteiger partial charge in [0, 0.05) is 32.4 Å². The molecule has 0 radical (unpaired) electrons. The number of hydrogen-bond donors (Lipinski definition) is 0. The van der Waals surface area contributed by atoms with Gasteiger partial charge in [-0.25, -0.2) is 0 Å². The van der Waals surface area contributed by atoms with E-state index in [4.69, 9.17) is 18.9 Å². The van der Waals surface area contributed by atoms with Crippen molar-refractivity contribution in [1.29, 1.82) is 0 Å². The van der Waals surface area contributed by atoms with Crippen molar-refractivity contribution in [3.05, 3.63) is 0 Å². The number of nitrogens with zero attached hydrogens (tertiary/aromatic N) is 2. The van der Waals surface area contributed by atoms with Gasteiger partial charge >= 0.3 is 23.9 Å². The zero-order valence-corrected chi connectivity index (χ0v) is 44.9. The summed E-state index contributed by atoms with van der Waals surface area (Å²) in [6.07, 6.45) is 40.5. The molecule has 2 unspecified atom stereocenters. The number of likely N-dealkylation sites (tertiary alicyclic amines) is 1. The summed E-state index contributed by atoms with van der Waals surface area (Å²) in [7, 11) is 3.86. The molecule has 1 aliphatic rings. The maximum atomic E-state index is 13.4. The fraction of sp³-hybridized carbons (Fsp3) is 0.930. The molecular weight excluding hydrogens is 841 g/mol. The quantitative estimate of drug-likeness (QED) is 0.0332. The lowest BCUT2D eigenvalue weighted by Crippen LogP contribution is -2.38. The molecule has 0 aromatic rings. The van der Waals surface area contributed by atoms with Crippen LogP contribution in [-0.2, 0) is 38.1 Å². The average Bonchev–Trinajstić information content (AvgIpc) is 3.71. The second-order valence-electron chi connectivity index (χ2n) is 20.6. The van der Waals surface area contributed by atoms with Gasteiger partial charge in [0.2, 0.25) is 0 Å². The molecule has 3 atom stereocenters. The summed E-state index contributed by atoms with van der Waals surface area (Å²) >= 11 is 0. The van der Waals surface area contributed by atoms with Gasteiger partial charge < -0.3 is 23.8 Å². The topological polar surface area (TPSA) is 112 Å². The van der Waals surface area contributed by atoms with E-state index in [9.17, 15) is 19.2 Å². The van der Waals surface area contributed by atoms with E-state index in [1.807, 2.05) is 19.0 Å². The molecule has 0 amide bonds. The third kappa shape index (κ3) is 37.3. The van der Waals surface area contributed by atoms with E-state index >= 15 is 0 Å². The highest BCUT2D eigenvalue weighted by Gasteiger charge is 2.39. The first-order valence-electron chi connectivity index (χ1n) is 28.7. The van der Waals surface area contributed by atoms with Crippen molar-refractivity contribution in [2.45, 2.75) is 290 Å². The first kappa shape index (κ1) is 62.8. The van der Waals surface area contributed by atoms with E-state index in [0.717, 1.165) is 95.8 Å². The summed E-state index contributed by atoms with van der Waals surface area (Å²) in [6, 6.07) is -0.448. The minimum atomic E-state index is -0.448. The zero-order valence-electron chi connectivity index (χ0n) is 44.9. The number of rotatable bonds is 48. The van der Waals surface area contributed by atoms with Crippen molar-refractivity contribution in [2.75, 3.05) is 46.9 Å². The molecule has 1 rings (SSSR count). The van der Waals surface area contributed by atoms with Gasteiger partial charge in [-0.3, -0.25) is 24.1 Å². The summed E-state index contributed by atoms with van der Waals surface area (Å²) in [5, 5.41) is 0. The molecule has 0 saturated carbocycles. The molecule has 1 aliphatic heterocycles. The SMILES string of the molecule is CCCCCCCCC(CCCCCCCC)OC(=O)CCCCCCCOC(=O)[C@@H]1CC(OC(=O)CCN(C)C)CN1CCCCCC(=O)OCCCC(CCCCC)CCCCCCC. The van der Waals surface area contributed by atoms with Crippen LogP contribution in [0.1, 0.15) is 272 Å². The predicted molar refractivity (Wildman–Crippen MR) is 277 cm³/mol. The molecular formula is C57H108N2O8. The molecule has 394 valence electrons. The number of carbonyl (C=O) groups is 4. The molecule has 0 N–H and O–H groups in total. The van der Waals surface area contributed by atoms with Crippen molar-refractivity contribution >= 4 is 23.9 Å². The summed E-state index contributed by atoms with van der Waals surface area (Å²) < 4.78 is 23.3. The van der Waals surface area contributed by atoms with Crippen LogP contribution in [0, 0.1) is 5.92 Å². The summed E-state index contributed by atoms with van der Waals surface area (Å²) in [5.41, 5.74) is 0. The van der Waals surface area contributed by atoms with Crippen molar-refractivity contribution in [1.82, 2.24) is 9.80 Å². The number of esters is 4.